The van der Waals surface area contributed by atoms with Crippen molar-refractivity contribution < 1.29 is 17.9 Å². The zero-order valence-electron chi connectivity index (χ0n) is 9.22. The summed E-state index contributed by atoms with van der Waals surface area (Å²) in [6, 6.07) is 0. The van der Waals surface area contributed by atoms with Crippen LogP contribution in [0.4, 0.5) is 5.82 Å². The molecule has 1 rings (SSSR count). The van der Waals surface area contributed by atoms with Crippen LogP contribution >= 0.6 is 0 Å². The Morgan fingerprint density at radius 2 is 2.25 bits per heavy atom. The first kappa shape index (κ1) is 12.5. The Balaban J connectivity index is 3.08. The molecule has 0 atom stereocenters. The van der Waals surface area contributed by atoms with Crippen LogP contribution in [-0.2, 0) is 21.8 Å². The first-order valence-electron chi connectivity index (χ1n) is 4.52. The van der Waals surface area contributed by atoms with Gasteiger partial charge < -0.3 is 4.74 Å². The molecule has 0 bridgehead atoms. The highest BCUT2D eigenvalue weighted by atomic mass is 32.2. The Hall–Kier alpha value is -1.57. The number of hydrogen-bond acceptors (Lipinski definition) is 5. The third-order valence-corrected chi connectivity index (χ3v) is 2.28. The summed E-state index contributed by atoms with van der Waals surface area (Å²) < 4.78 is 30.4. The van der Waals surface area contributed by atoms with Gasteiger partial charge in [-0.2, -0.15) is 5.10 Å². The van der Waals surface area contributed by atoms with E-state index >= 15 is 0 Å². The summed E-state index contributed by atoms with van der Waals surface area (Å²) in [7, 11) is -1.94. The predicted octanol–water partition coefficient (Wildman–Crippen LogP) is -0.0317. The normalized spacial score (nSPS) is 11.2. The topological polar surface area (TPSA) is 90.3 Å². The third-order valence-electron chi connectivity index (χ3n) is 1.72. The molecule has 0 aromatic carbocycles. The number of nitrogens with zero attached hydrogens (tertiary/aromatic N) is 2. The maximum absolute atomic E-state index is 11.5. The second-order valence-corrected chi connectivity index (χ2v) is 4.87. The van der Waals surface area contributed by atoms with Gasteiger partial charge in [0.05, 0.1) is 19.1 Å². The lowest BCUT2D eigenvalue weighted by Gasteiger charge is -2.06. The molecule has 1 aromatic heterocycles. The van der Waals surface area contributed by atoms with E-state index in [4.69, 9.17) is 4.74 Å². The average molecular weight is 247 g/mol. The smallest absolute Gasteiger partial charge is 0.343 e. The zero-order valence-corrected chi connectivity index (χ0v) is 10.0. The lowest BCUT2D eigenvalue weighted by atomic mass is 10.3. The molecule has 0 saturated carbocycles. The van der Waals surface area contributed by atoms with Gasteiger partial charge in [0.1, 0.15) is 5.56 Å². The molecular weight excluding hydrogens is 234 g/mol. The number of anilines is 1. The molecule has 0 radical (unpaired) electrons. The van der Waals surface area contributed by atoms with E-state index in [0.717, 1.165) is 6.26 Å². The van der Waals surface area contributed by atoms with Gasteiger partial charge in [-0.15, -0.1) is 0 Å². The molecule has 0 spiro atoms. The van der Waals surface area contributed by atoms with Crippen molar-refractivity contribution in [1.29, 1.82) is 0 Å². The average Bonchev–Trinajstić information content (AvgIpc) is 2.46. The molecule has 0 aliphatic carbocycles. The highest BCUT2D eigenvalue weighted by Gasteiger charge is 2.19. The van der Waals surface area contributed by atoms with E-state index in [1.165, 1.54) is 17.9 Å². The SMILES string of the molecule is CCOC(=O)c1cnn(C)c1NS(C)(=O)=O. The van der Waals surface area contributed by atoms with Crippen molar-refractivity contribution in [2.24, 2.45) is 7.05 Å². The van der Waals surface area contributed by atoms with Crippen LogP contribution < -0.4 is 4.72 Å². The second kappa shape index (κ2) is 4.52. The molecule has 90 valence electrons. The number of nitrogens with one attached hydrogen (secondary N) is 1. The van der Waals surface area contributed by atoms with E-state index in [0.29, 0.717) is 0 Å². The molecule has 1 heterocycles. The molecule has 7 nitrogen and oxygen atoms in total. The summed E-state index contributed by atoms with van der Waals surface area (Å²) in [6.07, 6.45) is 2.25. The minimum absolute atomic E-state index is 0.0924. The van der Waals surface area contributed by atoms with Crippen LogP contribution in [0.25, 0.3) is 0 Å². The Morgan fingerprint density at radius 1 is 1.62 bits per heavy atom. The Kier molecular flexibility index (Phi) is 3.53. The summed E-state index contributed by atoms with van der Waals surface area (Å²) in [6.45, 7) is 1.88. The number of hydrogen-bond donors (Lipinski definition) is 1. The number of carbonyl (C=O) groups is 1. The summed E-state index contributed by atoms with van der Waals surface area (Å²) in [5.41, 5.74) is 0.0924. The summed E-state index contributed by atoms with van der Waals surface area (Å²) in [4.78, 5) is 11.5. The van der Waals surface area contributed by atoms with Crippen molar-refractivity contribution in [2.45, 2.75) is 6.92 Å². The summed E-state index contributed by atoms with van der Waals surface area (Å²) >= 11 is 0. The molecule has 0 unspecified atom stereocenters. The van der Waals surface area contributed by atoms with Crippen LogP contribution in [0, 0.1) is 0 Å². The molecule has 0 saturated heterocycles. The highest BCUT2D eigenvalue weighted by molar-refractivity contribution is 7.92. The van der Waals surface area contributed by atoms with Gasteiger partial charge in [-0.25, -0.2) is 13.2 Å². The summed E-state index contributed by atoms with van der Waals surface area (Å²) in [5, 5.41) is 3.79. The van der Waals surface area contributed by atoms with Crippen molar-refractivity contribution in [3.05, 3.63) is 11.8 Å². The second-order valence-electron chi connectivity index (χ2n) is 3.13. The fraction of sp³-hybridized carbons (Fsp3) is 0.500. The van der Waals surface area contributed by atoms with Gasteiger partial charge in [-0.1, -0.05) is 0 Å². The molecule has 8 heteroatoms. The van der Waals surface area contributed by atoms with Crippen LogP contribution in [0.15, 0.2) is 6.20 Å². The van der Waals surface area contributed by atoms with Gasteiger partial charge in [-0.05, 0) is 6.92 Å². The molecule has 16 heavy (non-hydrogen) atoms. The minimum Gasteiger partial charge on any atom is -0.462 e. The molecular formula is C8H13N3O4S. The quantitative estimate of drug-likeness (QED) is 0.754. The summed E-state index contributed by atoms with van der Waals surface area (Å²) in [5.74, 6) is -0.511. The standard InChI is InChI=1S/C8H13N3O4S/c1-4-15-8(12)6-5-9-11(2)7(6)10-16(3,13)14/h5,10H,4H2,1-3H3. The number of sulfonamides is 1. The largest absolute Gasteiger partial charge is 0.462 e. The molecule has 0 fully saturated rings. The number of carbonyl (C=O) groups excluding carboxylic acids is 1. The van der Waals surface area contributed by atoms with Crippen LogP contribution in [0.5, 0.6) is 0 Å². The third kappa shape index (κ3) is 2.96. The van der Waals surface area contributed by atoms with Crippen LogP contribution in [0.3, 0.4) is 0 Å². The van der Waals surface area contributed by atoms with Crippen LogP contribution in [-0.4, -0.2) is 37.0 Å². The van der Waals surface area contributed by atoms with Crippen LogP contribution in [0.2, 0.25) is 0 Å². The number of rotatable bonds is 4. The van der Waals surface area contributed by atoms with E-state index in [9.17, 15) is 13.2 Å². The van der Waals surface area contributed by atoms with Crippen molar-refractivity contribution in [1.82, 2.24) is 9.78 Å². The maximum Gasteiger partial charge on any atom is 0.343 e. The van der Waals surface area contributed by atoms with Crippen LogP contribution in [0.1, 0.15) is 17.3 Å². The van der Waals surface area contributed by atoms with E-state index in [2.05, 4.69) is 9.82 Å². The molecule has 1 N–H and O–H groups in total. The first-order chi connectivity index (χ1) is 7.35. The molecule has 0 amide bonds. The molecule has 0 aliphatic heterocycles. The number of ether oxygens (including phenoxy) is 1. The maximum atomic E-state index is 11.5. The van der Waals surface area contributed by atoms with Crippen molar-refractivity contribution in [3.63, 3.8) is 0 Å². The van der Waals surface area contributed by atoms with Gasteiger partial charge in [-0.3, -0.25) is 9.40 Å². The fourth-order valence-electron chi connectivity index (χ4n) is 1.09. The predicted molar refractivity (Wildman–Crippen MR) is 57.6 cm³/mol. The first-order valence-corrected chi connectivity index (χ1v) is 6.41. The Morgan fingerprint density at radius 3 is 2.75 bits per heavy atom. The van der Waals surface area contributed by atoms with Gasteiger partial charge >= 0.3 is 5.97 Å². The zero-order chi connectivity index (χ0) is 12.3. The fourth-order valence-corrected chi connectivity index (χ4v) is 1.69. The van der Waals surface area contributed by atoms with Gasteiger partial charge in [0, 0.05) is 7.05 Å². The molecule has 1 aromatic rings. The minimum atomic E-state index is -3.46. The number of aryl methyl sites for hydroxylation is 1. The van der Waals surface area contributed by atoms with Gasteiger partial charge in [0.25, 0.3) is 0 Å². The van der Waals surface area contributed by atoms with Gasteiger partial charge in [0.15, 0.2) is 5.82 Å². The monoisotopic (exact) mass is 247 g/mol. The Labute approximate surface area is 93.4 Å². The highest BCUT2D eigenvalue weighted by Crippen LogP contribution is 2.16. The van der Waals surface area contributed by atoms with Gasteiger partial charge in [0.2, 0.25) is 10.0 Å². The van der Waals surface area contributed by atoms with E-state index in [1.54, 1.807) is 6.92 Å². The lowest BCUT2D eigenvalue weighted by molar-refractivity contribution is 0.0527. The lowest BCUT2D eigenvalue weighted by Crippen LogP contribution is -2.16. The van der Waals surface area contributed by atoms with Crippen molar-refractivity contribution in [3.8, 4) is 0 Å². The van der Waals surface area contributed by atoms with E-state index in [-0.39, 0.29) is 18.0 Å². The van der Waals surface area contributed by atoms with E-state index < -0.39 is 16.0 Å². The number of aromatic nitrogens is 2. The van der Waals surface area contributed by atoms with Crippen molar-refractivity contribution >= 4 is 21.8 Å². The van der Waals surface area contributed by atoms with E-state index in [1.807, 2.05) is 0 Å². The number of esters is 1. The van der Waals surface area contributed by atoms with Crippen molar-refractivity contribution in [2.75, 3.05) is 17.6 Å². The Bertz CT molecular complexity index is 491. The molecule has 0 aliphatic rings.